The number of thiazole rings is 1. The van der Waals surface area contributed by atoms with E-state index < -0.39 is 0 Å². The SMILES string of the molecule is COc1ccc(C(CNC(=O)Cc2csc(-c3ccc(Cl)s3)n2)N2CCCC2)cc1. The van der Waals surface area contributed by atoms with Crippen molar-refractivity contribution in [2.45, 2.75) is 25.3 Å². The average molecular weight is 462 g/mol. The minimum Gasteiger partial charge on any atom is -0.497 e. The topological polar surface area (TPSA) is 54.5 Å². The second-order valence-electron chi connectivity index (χ2n) is 7.26. The van der Waals surface area contributed by atoms with Crippen LogP contribution in [0.25, 0.3) is 9.88 Å². The maximum atomic E-state index is 12.6. The van der Waals surface area contributed by atoms with E-state index in [0.717, 1.165) is 38.8 Å². The molecular formula is C22H24ClN3O2S2. The van der Waals surface area contributed by atoms with Crippen molar-refractivity contribution in [3.63, 3.8) is 0 Å². The molecule has 0 saturated carbocycles. The minimum absolute atomic E-state index is 0.00577. The van der Waals surface area contributed by atoms with E-state index in [1.165, 1.54) is 29.7 Å². The van der Waals surface area contributed by atoms with Gasteiger partial charge in [-0.15, -0.1) is 22.7 Å². The summed E-state index contributed by atoms with van der Waals surface area (Å²) in [6.07, 6.45) is 2.69. The molecule has 1 aliphatic rings. The zero-order valence-corrected chi connectivity index (χ0v) is 19.2. The first-order valence-corrected chi connectivity index (χ1v) is 12.0. The predicted molar refractivity (Wildman–Crippen MR) is 124 cm³/mol. The molecule has 0 bridgehead atoms. The van der Waals surface area contributed by atoms with Gasteiger partial charge in [0, 0.05) is 11.9 Å². The Kier molecular flexibility index (Phi) is 7.04. The summed E-state index contributed by atoms with van der Waals surface area (Å²) in [5, 5.41) is 5.98. The molecule has 0 radical (unpaired) electrons. The predicted octanol–water partition coefficient (Wildman–Crippen LogP) is 5.03. The standard InChI is InChI=1S/C22H24ClN3O2S2/c1-28-17-6-4-15(5-7-17)18(26-10-2-3-11-26)13-24-21(27)12-16-14-29-22(25-16)19-8-9-20(23)30-19/h4-9,14,18H,2-3,10-13H2,1H3,(H,24,27). The van der Waals surface area contributed by atoms with E-state index >= 15 is 0 Å². The lowest BCUT2D eigenvalue weighted by molar-refractivity contribution is -0.120. The Morgan fingerprint density at radius 1 is 1.23 bits per heavy atom. The molecular weight excluding hydrogens is 438 g/mol. The Hall–Kier alpha value is -1.93. The number of halogens is 1. The second kappa shape index (κ2) is 9.92. The van der Waals surface area contributed by atoms with Gasteiger partial charge in [0.2, 0.25) is 5.91 Å². The van der Waals surface area contributed by atoms with Gasteiger partial charge in [-0.25, -0.2) is 4.98 Å². The quantitative estimate of drug-likeness (QED) is 0.511. The lowest BCUT2D eigenvalue weighted by Crippen LogP contribution is -2.37. The third-order valence-corrected chi connectivity index (χ3v) is 7.54. The van der Waals surface area contributed by atoms with Gasteiger partial charge in [0.25, 0.3) is 0 Å². The highest BCUT2D eigenvalue weighted by Gasteiger charge is 2.24. The van der Waals surface area contributed by atoms with Gasteiger partial charge in [-0.05, 0) is 55.8 Å². The number of carbonyl (C=O) groups excluding carboxylic acids is 1. The van der Waals surface area contributed by atoms with E-state index in [4.69, 9.17) is 16.3 Å². The molecule has 158 valence electrons. The van der Waals surface area contributed by atoms with E-state index in [0.29, 0.717) is 6.54 Å². The zero-order chi connectivity index (χ0) is 20.9. The van der Waals surface area contributed by atoms with Crippen LogP contribution in [0.1, 0.15) is 30.1 Å². The number of benzene rings is 1. The van der Waals surface area contributed by atoms with Crippen LogP contribution < -0.4 is 10.1 Å². The molecule has 1 N–H and O–H groups in total. The minimum atomic E-state index is -0.00577. The molecule has 0 aliphatic carbocycles. The van der Waals surface area contributed by atoms with Gasteiger partial charge in [-0.3, -0.25) is 9.69 Å². The number of hydrogen-bond acceptors (Lipinski definition) is 6. The summed E-state index contributed by atoms with van der Waals surface area (Å²) < 4.78 is 6.02. The Morgan fingerprint density at radius 2 is 2.00 bits per heavy atom. The van der Waals surface area contributed by atoms with Crippen LogP contribution in [0, 0.1) is 0 Å². The Labute approximate surface area is 189 Å². The van der Waals surface area contributed by atoms with Crippen LogP contribution >= 0.6 is 34.3 Å². The molecule has 1 amide bonds. The highest BCUT2D eigenvalue weighted by molar-refractivity contribution is 7.23. The first-order chi connectivity index (χ1) is 14.6. The van der Waals surface area contributed by atoms with Crippen LogP contribution in [0.2, 0.25) is 4.34 Å². The summed E-state index contributed by atoms with van der Waals surface area (Å²) in [7, 11) is 1.67. The molecule has 8 heteroatoms. The number of likely N-dealkylation sites (tertiary alicyclic amines) is 1. The molecule has 5 nitrogen and oxygen atoms in total. The smallest absolute Gasteiger partial charge is 0.226 e. The number of rotatable bonds is 8. The van der Waals surface area contributed by atoms with Crippen molar-refractivity contribution in [3.05, 3.63) is 57.4 Å². The maximum Gasteiger partial charge on any atom is 0.226 e. The van der Waals surface area contributed by atoms with Gasteiger partial charge in [0.05, 0.1) is 34.5 Å². The van der Waals surface area contributed by atoms with Gasteiger partial charge < -0.3 is 10.1 Å². The molecule has 1 aliphatic heterocycles. The number of nitrogens with zero attached hydrogens (tertiary/aromatic N) is 2. The van der Waals surface area contributed by atoms with Crippen LogP contribution in [0.3, 0.4) is 0 Å². The van der Waals surface area contributed by atoms with Gasteiger partial charge in [0.1, 0.15) is 10.8 Å². The number of methoxy groups -OCH3 is 1. The molecule has 0 spiro atoms. The van der Waals surface area contributed by atoms with Gasteiger partial charge in [0.15, 0.2) is 0 Å². The van der Waals surface area contributed by atoms with E-state index in [9.17, 15) is 4.79 Å². The molecule has 1 aromatic carbocycles. The summed E-state index contributed by atoms with van der Waals surface area (Å²) in [4.78, 5) is 20.7. The van der Waals surface area contributed by atoms with E-state index in [1.54, 1.807) is 18.4 Å². The third-order valence-electron chi connectivity index (χ3n) is 5.25. The molecule has 1 unspecified atom stereocenters. The zero-order valence-electron chi connectivity index (χ0n) is 16.8. The number of thiophene rings is 1. The second-order valence-corrected chi connectivity index (χ2v) is 9.83. The van der Waals surface area contributed by atoms with Crippen molar-refractivity contribution in [1.29, 1.82) is 0 Å². The maximum absolute atomic E-state index is 12.6. The number of amides is 1. The van der Waals surface area contributed by atoms with Gasteiger partial charge in [-0.2, -0.15) is 0 Å². The Morgan fingerprint density at radius 3 is 2.67 bits per heavy atom. The van der Waals surface area contributed by atoms with Crippen LogP contribution in [0.5, 0.6) is 5.75 Å². The van der Waals surface area contributed by atoms with E-state index in [2.05, 4.69) is 27.3 Å². The first-order valence-electron chi connectivity index (χ1n) is 9.97. The van der Waals surface area contributed by atoms with E-state index in [-0.39, 0.29) is 18.4 Å². The van der Waals surface area contributed by atoms with Crippen LogP contribution in [-0.2, 0) is 11.2 Å². The number of carbonyl (C=O) groups is 1. The summed E-state index contributed by atoms with van der Waals surface area (Å²) in [5.41, 5.74) is 1.99. The molecule has 3 aromatic rings. The van der Waals surface area contributed by atoms with Gasteiger partial charge >= 0.3 is 0 Å². The fourth-order valence-corrected chi connectivity index (χ4v) is 5.64. The largest absolute Gasteiger partial charge is 0.497 e. The van der Waals surface area contributed by atoms with Crippen molar-refractivity contribution in [3.8, 4) is 15.6 Å². The van der Waals surface area contributed by atoms with Crippen LogP contribution in [0.15, 0.2) is 41.8 Å². The molecule has 1 fully saturated rings. The number of aromatic nitrogens is 1. The number of hydrogen-bond donors (Lipinski definition) is 1. The lowest BCUT2D eigenvalue weighted by Gasteiger charge is -2.28. The van der Waals surface area contributed by atoms with Crippen LogP contribution in [0.4, 0.5) is 0 Å². The molecule has 4 rings (SSSR count). The van der Waals surface area contributed by atoms with Gasteiger partial charge in [-0.1, -0.05) is 23.7 Å². The summed E-state index contributed by atoms with van der Waals surface area (Å²) in [6.45, 7) is 2.71. The highest BCUT2D eigenvalue weighted by atomic mass is 35.5. The number of ether oxygens (including phenoxy) is 1. The van der Waals surface area contributed by atoms with Crippen molar-refractivity contribution in [2.75, 3.05) is 26.7 Å². The Bertz CT molecular complexity index is 980. The monoisotopic (exact) mass is 461 g/mol. The molecule has 1 saturated heterocycles. The van der Waals surface area contributed by atoms with Crippen molar-refractivity contribution >= 4 is 40.2 Å². The summed E-state index contributed by atoms with van der Waals surface area (Å²) >= 11 is 9.06. The van der Waals surface area contributed by atoms with Crippen molar-refractivity contribution < 1.29 is 9.53 Å². The van der Waals surface area contributed by atoms with Crippen LogP contribution in [-0.4, -0.2) is 42.5 Å². The fraction of sp³-hybridized carbons (Fsp3) is 0.364. The third kappa shape index (κ3) is 5.21. The van der Waals surface area contributed by atoms with Crippen molar-refractivity contribution in [1.82, 2.24) is 15.2 Å². The molecule has 3 heterocycles. The lowest BCUT2D eigenvalue weighted by atomic mass is 10.1. The molecule has 2 aromatic heterocycles. The number of nitrogens with one attached hydrogen (secondary N) is 1. The Balaban J connectivity index is 1.38. The highest BCUT2D eigenvalue weighted by Crippen LogP contribution is 2.33. The van der Waals surface area contributed by atoms with E-state index in [1.807, 2.05) is 29.6 Å². The van der Waals surface area contributed by atoms with Crippen molar-refractivity contribution in [2.24, 2.45) is 0 Å². The molecule has 30 heavy (non-hydrogen) atoms. The summed E-state index contributed by atoms with van der Waals surface area (Å²) in [5.74, 6) is 0.836. The average Bonchev–Trinajstić information content (AvgIpc) is 3.51. The fourth-order valence-electron chi connectivity index (χ4n) is 3.71. The normalized spacial score (nSPS) is 15.3. The molecule has 1 atom stereocenters. The first kappa shape index (κ1) is 21.3. The summed E-state index contributed by atoms with van der Waals surface area (Å²) in [6, 6.07) is 12.1.